The molecule has 1 aliphatic rings. The number of carboxylic acids is 1. The van der Waals surface area contributed by atoms with E-state index < -0.39 is 17.7 Å². The molecule has 0 saturated carbocycles. The number of hydrogen-bond acceptors (Lipinski definition) is 3. The van der Waals surface area contributed by atoms with E-state index in [4.69, 9.17) is 14.6 Å². The van der Waals surface area contributed by atoms with Crippen LogP contribution in [0, 0.1) is 5.92 Å². The van der Waals surface area contributed by atoms with Gasteiger partial charge in [-0.2, -0.15) is 0 Å². The molecule has 0 aliphatic carbocycles. The van der Waals surface area contributed by atoms with Crippen molar-refractivity contribution in [3.05, 3.63) is 0 Å². The fourth-order valence-electron chi connectivity index (χ4n) is 1.63. The van der Waals surface area contributed by atoms with Gasteiger partial charge < -0.3 is 14.6 Å². The fourth-order valence-corrected chi connectivity index (χ4v) is 1.63. The first-order chi connectivity index (χ1) is 6.10. The molecule has 1 unspecified atom stereocenters. The molecule has 1 aliphatic heterocycles. The summed E-state index contributed by atoms with van der Waals surface area (Å²) in [6.07, 6.45) is 1.41. The minimum atomic E-state index is -0.915. The Hall–Kier alpha value is -0.610. The van der Waals surface area contributed by atoms with E-state index in [1.54, 1.807) is 6.92 Å². The van der Waals surface area contributed by atoms with E-state index in [1.165, 1.54) is 0 Å². The topological polar surface area (TPSA) is 55.8 Å². The van der Waals surface area contributed by atoms with Gasteiger partial charge in [0.15, 0.2) is 5.79 Å². The van der Waals surface area contributed by atoms with Crippen LogP contribution in [0.5, 0.6) is 0 Å². The number of carbonyl (C=O) groups is 1. The Kier molecular flexibility index (Phi) is 3.27. The van der Waals surface area contributed by atoms with Crippen LogP contribution in [-0.2, 0) is 14.3 Å². The van der Waals surface area contributed by atoms with Gasteiger partial charge in [-0.1, -0.05) is 13.3 Å². The molecule has 1 N–H and O–H groups in total. The quantitative estimate of drug-likeness (QED) is 0.721. The molecular weight excluding hydrogens is 172 g/mol. The lowest BCUT2D eigenvalue weighted by atomic mass is 9.95. The van der Waals surface area contributed by atoms with Gasteiger partial charge in [0.25, 0.3) is 0 Å². The Morgan fingerprint density at radius 3 is 2.46 bits per heavy atom. The zero-order chi connectivity index (χ0) is 9.90. The van der Waals surface area contributed by atoms with Crippen LogP contribution in [0.1, 0.15) is 26.7 Å². The largest absolute Gasteiger partial charge is 0.481 e. The maximum atomic E-state index is 10.9. The third-order valence-electron chi connectivity index (χ3n) is 2.37. The van der Waals surface area contributed by atoms with Gasteiger partial charge in [-0.3, -0.25) is 4.79 Å². The van der Waals surface area contributed by atoms with Gasteiger partial charge in [0.05, 0.1) is 13.2 Å². The monoisotopic (exact) mass is 188 g/mol. The zero-order valence-corrected chi connectivity index (χ0v) is 8.08. The Bertz CT molecular complexity index is 184. The fraction of sp³-hybridized carbons (Fsp3) is 0.889. The van der Waals surface area contributed by atoms with Gasteiger partial charge in [-0.15, -0.1) is 0 Å². The molecule has 1 rings (SSSR count). The summed E-state index contributed by atoms with van der Waals surface area (Å²) in [4.78, 5) is 10.9. The summed E-state index contributed by atoms with van der Waals surface area (Å²) in [6.45, 7) is 4.64. The van der Waals surface area contributed by atoms with E-state index >= 15 is 0 Å². The van der Waals surface area contributed by atoms with Crippen LogP contribution in [0.15, 0.2) is 0 Å². The average Bonchev–Trinajstić information content (AvgIpc) is 2.48. The molecule has 13 heavy (non-hydrogen) atoms. The molecule has 4 heteroatoms. The predicted molar refractivity (Wildman–Crippen MR) is 46.3 cm³/mol. The normalized spacial score (nSPS) is 22.9. The zero-order valence-electron chi connectivity index (χ0n) is 8.08. The number of ether oxygens (including phenoxy) is 2. The first-order valence-electron chi connectivity index (χ1n) is 4.61. The summed E-state index contributed by atoms with van der Waals surface area (Å²) in [7, 11) is 0. The highest BCUT2D eigenvalue weighted by molar-refractivity contribution is 5.71. The molecule has 0 aromatic heterocycles. The molecule has 0 aromatic carbocycles. The van der Waals surface area contributed by atoms with Crippen molar-refractivity contribution in [3.8, 4) is 0 Å². The van der Waals surface area contributed by atoms with Gasteiger partial charge in [0.1, 0.15) is 5.92 Å². The molecule has 0 spiro atoms. The van der Waals surface area contributed by atoms with Crippen molar-refractivity contribution in [3.63, 3.8) is 0 Å². The van der Waals surface area contributed by atoms with E-state index in [-0.39, 0.29) is 0 Å². The summed E-state index contributed by atoms with van der Waals surface area (Å²) in [5.41, 5.74) is 0. The summed E-state index contributed by atoms with van der Waals surface area (Å²) in [5.74, 6) is -2.31. The molecule has 0 radical (unpaired) electrons. The first kappa shape index (κ1) is 10.5. The molecule has 1 atom stereocenters. The second-order valence-corrected chi connectivity index (χ2v) is 3.39. The van der Waals surface area contributed by atoms with E-state index in [1.807, 2.05) is 6.92 Å². The van der Waals surface area contributed by atoms with Gasteiger partial charge in [-0.25, -0.2) is 0 Å². The lowest BCUT2D eigenvalue weighted by Crippen LogP contribution is -2.40. The summed E-state index contributed by atoms with van der Waals surface area (Å²) < 4.78 is 10.6. The number of aliphatic carboxylic acids is 1. The van der Waals surface area contributed by atoms with E-state index in [9.17, 15) is 4.79 Å². The van der Waals surface area contributed by atoms with Gasteiger partial charge in [0, 0.05) is 0 Å². The first-order valence-corrected chi connectivity index (χ1v) is 4.61. The number of hydrogen-bond donors (Lipinski definition) is 1. The third kappa shape index (κ3) is 2.19. The van der Waals surface area contributed by atoms with Crippen LogP contribution in [0.2, 0.25) is 0 Å². The number of rotatable bonds is 4. The van der Waals surface area contributed by atoms with Crippen LogP contribution in [0.25, 0.3) is 0 Å². The van der Waals surface area contributed by atoms with Crippen LogP contribution in [-0.4, -0.2) is 30.1 Å². The highest BCUT2D eigenvalue weighted by Crippen LogP contribution is 2.31. The summed E-state index contributed by atoms with van der Waals surface area (Å²) >= 11 is 0. The minimum absolute atomic E-state index is 0.490. The van der Waals surface area contributed by atoms with Crippen LogP contribution in [0.3, 0.4) is 0 Å². The van der Waals surface area contributed by atoms with Gasteiger partial charge in [-0.05, 0) is 13.3 Å². The Morgan fingerprint density at radius 1 is 1.54 bits per heavy atom. The second kappa shape index (κ2) is 4.07. The average molecular weight is 188 g/mol. The van der Waals surface area contributed by atoms with Crippen molar-refractivity contribution in [1.29, 1.82) is 0 Å². The lowest BCUT2D eigenvalue weighted by molar-refractivity contribution is -0.198. The van der Waals surface area contributed by atoms with Crippen molar-refractivity contribution >= 4 is 5.97 Å². The van der Waals surface area contributed by atoms with E-state index in [0.717, 1.165) is 6.42 Å². The van der Waals surface area contributed by atoms with E-state index in [2.05, 4.69) is 0 Å². The molecule has 0 amide bonds. The van der Waals surface area contributed by atoms with Gasteiger partial charge in [0.2, 0.25) is 0 Å². The molecule has 1 saturated heterocycles. The summed E-state index contributed by atoms with van der Waals surface area (Å²) in [5, 5.41) is 8.97. The van der Waals surface area contributed by atoms with Crippen molar-refractivity contribution < 1.29 is 19.4 Å². The SMILES string of the molecule is CCCC(C(=O)O)C1(C)OCCO1. The molecule has 1 heterocycles. The highest BCUT2D eigenvalue weighted by Gasteiger charge is 2.43. The minimum Gasteiger partial charge on any atom is -0.481 e. The number of carboxylic acid groups (broad SMARTS) is 1. The van der Waals surface area contributed by atoms with Crippen LogP contribution < -0.4 is 0 Å². The smallest absolute Gasteiger partial charge is 0.311 e. The molecule has 4 nitrogen and oxygen atoms in total. The third-order valence-corrected chi connectivity index (χ3v) is 2.37. The lowest BCUT2D eigenvalue weighted by Gasteiger charge is -2.28. The Labute approximate surface area is 77.8 Å². The van der Waals surface area contributed by atoms with Crippen molar-refractivity contribution in [2.75, 3.05) is 13.2 Å². The second-order valence-electron chi connectivity index (χ2n) is 3.39. The van der Waals surface area contributed by atoms with Crippen LogP contribution in [0.4, 0.5) is 0 Å². The maximum absolute atomic E-state index is 10.9. The highest BCUT2D eigenvalue weighted by atomic mass is 16.7. The van der Waals surface area contributed by atoms with E-state index in [0.29, 0.717) is 19.6 Å². The molecule has 0 aromatic rings. The van der Waals surface area contributed by atoms with Gasteiger partial charge >= 0.3 is 5.97 Å². The standard InChI is InChI=1S/C9H16O4/c1-3-4-7(8(10)11)9(2)12-5-6-13-9/h7H,3-6H2,1-2H3,(H,10,11). The molecule has 76 valence electrons. The Morgan fingerprint density at radius 2 is 2.08 bits per heavy atom. The molecular formula is C9H16O4. The van der Waals surface area contributed by atoms with Crippen molar-refractivity contribution in [2.24, 2.45) is 5.92 Å². The van der Waals surface area contributed by atoms with Crippen molar-refractivity contribution in [2.45, 2.75) is 32.5 Å². The van der Waals surface area contributed by atoms with Crippen molar-refractivity contribution in [1.82, 2.24) is 0 Å². The maximum Gasteiger partial charge on any atom is 0.311 e. The molecule has 0 bridgehead atoms. The predicted octanol–water partition coefficient (Wildman–Crippen LogP) is 1.25. The van der Waals surface area contributed by atoms with Crippen LogP contribution >= 0.6 is 0 Å². The Balaban J connectivity index is 2.67. The summed E-state index contributed by atoms with van der Waals surface area (Å²) in [6, 6.07) is 0. The molecule has 1 fully saturated rings.